The molecule has 0 radical (unpaired) electrons. The number of nitrogens with one attached hydrogen (secondary N) is 3. The van der Waals surface area contributed by atoms with Crippen molar-refractivity contribution < 1.29 is 13.2 Å². The van der Waals surface area contributed by atoms with Gasteiger partial charge in [0.25, 0.3) is 0 Å². The molecule has 0 saturated heterocycles. The Morgan fingerprint density at radius 2 is 1.93 bits per heavy atom. The third-order valence-electron chi connectivity index (χ3n) is 4.95. The van der Waals surface area contributed by atoms with Gasteiger partial charge in [-0.2, -0.15) is 0 Å². The zero-order valence-corrected chi connectivity index (χ0v) is 17.8. The maximum Gasteiger partial charge on any atom is 0.213 e. The Bertz CT molecular complexity index is 691. The number of hydrogen-bond acceptors (Lipinski definition) is 4. The van der Waals surface area contributed by atoms with E-state index in [0.29, 0.717) is 38.1 Å². The van der Waals surface area contributed by atoms with Crippen LogP contribution >= 0.6 is 0 Å². The highest BCUT2D eigenvalue weighted by atomic mass is 32.2. The minimum absolute atomic E-state index is 0.0398. The summed E-state index contributed by atoms with van der Waals surface area (Å²) >= 11 is 0. The summed E-state index contributed by atoms with van der Waals surface area (Å²) in [5.41, 5.74) is 1.17. The molecule has 3 N–H and O–H groups in total. The normalized spacial score (nSPS) is 16.4. The first-order valence-corrected chi connectivity index (χ1v) is 11.7. The Balaban J connectivity index is 1.54. The predicted octanol–water partition coefficient (Wildman–Crippen LogP) is 2.04. The molecule has 158 valence electrons. The molecule has 1 saturated carbocycles. The van der Waals surface area contributed by atoms with Crippen molar-refractivity contribution in [3.63, 3.8) is 0 Å². The summed E-state index contributed by atoms with van der Waals surface area (Å²) in [5.74, 6) is 1.16. The lowest BCUT2D eigenvalue weighted by Crippen LogP contribution is -2.42. The fraction of sp³-hybridized carbons (Fsp3) is 0.650. The number of aliphatic imine (C=N–C) groups is 1. The van der Waals surface area contributed by atoms with Crippen LogP contribution in [-0.2, 0) is 14.8 Å². The Morgan fingerprint density at radius 1 is 1.21 bits per heavy atom. The standard InChI is InChI=1S/C20H34N4O3S/c1-17(19-10-4-3-5-11-19)27-14-7-12-22-20(21-2)23-13-15-28(25,26)24-16-18-8-6-9-18/h3-5,10-11,17-18,24H,6-9,12-16H2,1-2H3,(H2,21,22,23). The van der Waals surface area contributed by atoms with Gasteiger partial charge in [-0.3, -0.25) is 4.99 Å². The molecule has 1 atom stereocenters. The van der Waals surface area contributed by atoms with Gasteiger partial charge < -0.3 is 15.4 Å². The monoisotopic (exact) mass is 410 g/mol. The summed E-state index contributed by atoms with van der Waals surface area (Å²) in [7, 11) is -1.56. The molecule has 1 aliphatic carbocycles. The lowest BCUT2D eigenvalue weighted by atomic mass is 9.86. The molecule has 0 aliphatic heterocycles. The average Bonchev–Trinajstić information content (AvgIpc) is 2.65. The Kier molecular flexibility index (Phi) is 9.73. The van der Waals surface area contributed by atoms with E-state index in [4.69, 9.17) is 4.74 Å². The summed E-state index contributed by atoms with van der Waals surface area (Å²) in [6.45, 7) is 4.27. The molecule has 1 aliphatic rings. The molecule has 0 aromatic heterocycles. The second-order valence-electron chi connectivity index (χ2n) is 7.17. The summed E-state index contributed by atoms with van der Waals surface area (Å²) in [6.07, 6.45) is 4.37. The molecule has 0 bridgehead atoms. The van der Waals surface area contributed by atoms with Gasteiger partial charge >= 0.3 is 0 Å². The van der Waals surface area contributed by atoms with E-state index in [-0.39, 0.29) is 11.9 Å². The van der Waals surface area contributed by atoms with Gasteiger partial charge in [-0.1, -0.05) is 36.8 Å². The molecule has 0 amide bonds. The highest BCUT2D eigenvalue weighted by molar-refractivity contribution is 7.89. The first-order chi connectivity index (χ1) is 13.5. The largest absolute Gasteiger partial charge is 0.374 e. The van der Waals surface area contributed by atoms with Crippen molar-refractivity contribution in [1.82, 2.24) is 15.4 Å². The van der Waals surface area contributed by atoms with Crippen LogP contribution in [0.4, 0.5) is 0 Å². The van der Waals surface area contributed by atoms with Crippen LogP contribution in [0.3, 0.4) is 0 Å². The zero-order chi connectivity index (χ0) is 20.2. The number of rotatable bonds is 12. The molecule has 1 unspecified atom stereocenters. The molecular formula is C20H34N4O3S. The molecule has 2 rings (SSSR count). The number of ether oxygens (including phenoxy) is 1. The van der Waals surface area contributed by atoms with Crippen LogP contribution in [0.5, 0.6) is 0 Å². The molecule has 1 aromatic rings. The molecule has 1 aromatic carbocycles. The number of guanidine groups is 1. The van der Waals surface area contributed by atoms with E-state index in [9.17, 15) is 8.42 Å². The van der Waals surface area contributed by atoms with Gasteiger partial charge in [0.1, 0.15) is 0 Å². The number of benzene rings is 1. The molecule has 1 fully saturated rings. The van der Waals surface area contributed by atoms with Gasteiger partial charge in [0.05, 0.1) is 11.9 Å². The van der Waals surface area contributed by atoms with Gasteiger partial charge in [0.15, 0.2) is 5.96 Å². The molecular weight excluding hydrogens is 376 g/mol. The van der Waals surface area contributed by atoms with Gasteiger partial charge in [0.2, 0.25) is 10.0 Å². The van der Waals surface area contributed by atoms with E-state index in [1.165, 1.54) is 12.0 Å². The minimum Gasteiger partial charge on any atom is -0.374 e. The molecule has 0 spiro atoms. The molecule has 7 nitrogen and oxygen atoms in total. The second kappa shape index (κ2) is 12.0. The Labute approximate surface area is 169 Å². The van der Waals surface area contributed by atoms with Crippen LogP contribution < -0.4 is 15.4 Å². The van der Waals surface area contributed by atoms with Crippen LogP contribution in [-0.4, -0.2) is 53.4 Å². The Morgan fingerprint density at radius 3 is 2.57 bits per heavy atom. The maximum absolute atomic E-state index is 12.0. The third-order valence-corrected chi connectivity index (χ3v) is 6.30. The lowest BCUT2D eigenvalue weighted by Gasteiger charge is -2.25. The van der Waals surface area contributed by atoms with Gasteiger partial charge in [-0.15, -0.1) is 0 Å². The van der Waals surface area contributed by atoms with Crippen LogP contribution in [0.15, 0.2) is 35.3 Å². The van der Waals surface area contributed by atoms with E-state index in [1.807, 2.05) is 25.1 Å². The smallest absolute Gasteiger partial charge is 0.213 e. The Hall–Kier alpha value is -1.64. The van der Waals surface area contributed by atoms with Crippen molar-refractivity contribution >= 4 is 16.0 Å². The molecule has 8 heteroatoms. The second-order valence-corrected chi connectivity index (χ2v) is 9.09. The highest BCUT2D eigenvalue weighted by Gasteiger charge is 2.20. The summed E-state index contributed by atoms with van der Waals surface area (Å²) in [4.78, 5) is 4.12. The zero-order valence-electron chi connectivity index (χ0n) is 17.0. The third kappa shape index (κ3) is 8.58. The van der Waals surface area contributed by atoms with Crippen molar-refractivity contribution in [2.45, 2.75) is 38.7 Å². The topological polar surface area (TPSA) is 91.8 Å². The number of sulfonamides is 1. The van der Waals surface area contributed by atoms with Gasteiger partial charge in [-0.25, -0.2) is 13.1 Å². The van der Waals surface area contributed by atoms with Crippen molar-refractivity contribution in [3.05, 3.63) is 35.9 Å². The average molecular weight is 411 g/mol. The van der Waals surface area contributed by atoms with Crippen LogP contribution in [0, 0.1) is 5.92 Å². The molecule has 28 heavy (non-hydrogen) atoms. The summed E-state index contributed by atoms with van der Waals surface area (Å²) < 4.78 is 32.5. The summed E-state index contributed by atoms with van der Waals surface area (Å²) in [5, 5.41) is 6.23. The van der Waals surface area contributed by atoms with Crippen molar-refractivity contribution in [2.24, 2.45) is 10.9 Å². The van der Waals surface area contributed by atoms with E-state index in [2.05, 4.69) is 32.5 Å². The predicted molar refractivity (Wildman–Crippen MR) is 114 cm³/mol. The SMILES string of the molecule is CN=C(NCCCOC(C)c1ccccc1)NCCS(=O)(=O)NCC1CCC1. The molecule has 0 heterocycles. The fourth-order valence-corrected chi connectivity index (χ4v) is 3.90. The quantitative estimate of drug-likeness (QED) is 0.279. The van der Waals surface area contributed by atoms with Gasteiger partial charge in [-0.05, 0) is 37.7 Å². The van der Waals surface area contributed by atoms with Crippen molar-refractivity contribution in [1.29, 1.82) is 0 Å². The maximum atomic E-state index is 12.0. The lowest BCUT2D eigenvalue weighted by molar-refractivity contribution is 0.0646. The highest BCUT2D eigenvalue weighted by Crippen LogP contribution is 2.25. The van der Waals surface area contributed by atoms with Crippen molar-refractivity contribution in [2.75, 3.05) is 39.0 Å². The minimum atomic E-state index is -3.24. The van der Waals surface area contributed by atoms with E-state index in [0.717, 1.165) is 19.3 Å². The van der Waals surface area contributed by atoms with Crippen LogP contribution in [0.2, 0.25) is 0 Å². The van der Waals surface area contributed by atoms with E-state index < -0.39 is 10.0 Å². The first-order valence-electron chi connectivity index (χ1n) is 10.1. The summed E-state index contributed by atoms with van der Waals surface area (Å²) in [6, 6.07) is 10.1. The number of hydrogen-bond donors (Lipinski definition) is 3. The van der Waals surface area contributed by atoms with Crippen LogP contribution in [0.1, 0.15) is 44.3 Å². The fourth-order valence-electron chi connectivity index (χ4n) is 2.90. The first kappa shape index (κ1) is 22.6. The van der Waals surface area contributed by atoms with Crippen molar-refractivity contribution in [3.8, 4) is 0 Å². The van der Waals surface area contributed by atoms with E-state index in [1.54, 1.807) is 7.05 Å². The van der Waals surface area contributed by atoms with Crippen LogP contribution in [0.25, 0.3) is 0 Å². The van der Waals surface area contributed by atoms with E-state index >= 15 is 0 Å². The van der Waals surface area contributed by atoms with Gasteiger partial charge in [0, 0.05) is 33.3 Å². The number of nitrogens with zero attached hydrogens (tertiary/aromatic N) is 1.